The van der Waals surface area contributed by atoms with Crippen LogP contribution in [0.1, 0.15) is 21.7 Å². The maximum Gasteiger partial charge on any atom is 0.255 e. The number of aryl methyl sites for hydroxylation is 2. The second kappa shape index (κ2) is 8.28. The molecule has 0 aliphatic rings. The molecule has 1 amide bonds. The quantitative estimate of drug-likeness (QED) is 0.492. The molecule has 2 heterocycles. The van der Waals surface area contributed by atoms with E-state index >= 15 is 0 Å². The van der Waals surface area contributed by atoms with Crippen LogP contribution in [0.2, 0.25) is 0 Å². The van der Waals surface area contributed by atoms with Crippen molar-refractivity contribution in [2.24, 2.45) is 0 Å². The fourth-order valence-corrected chi connectivity index (χ4v) is 3.70. The topological polar surface area (TPSA) is 72.7 Å². The first-order valence-electron chi connectivity index (χ1n) is 9.08. The number of rotatable bonds is 5. The Kier molecular flexibility index (Phi) is 5.39. The second-order valence-corrected chi connectivity index (χ2v) is 7.55. The average molecular weight is 401 g/mol. The molecule has 6 nitrogen and oxygen atoms in total. The molecule has 0 radical (unpaired) electrons. The molecular weight excluding hydrogens is 382 g/mol. The Morgan fingerprint density at radius 3 is 2.28 bits per heavy atom. The highest BCUT2D eigenvalue weighted by atomic mass is 32.2. The number of hydrogen-bond donors (Lipinski definition) is 1. The summed E-state index contributed by atoms with van der Waals surface area (Å²) in [5.41, 5.74) is 4.12. The zero-order valence-corrected chi connectivity index (χ0v) is 16.9. The fourth-order valence-electron chi connectivity index (χ4n) is 2.84. The summed E-state index contributed by atoms with van der Waals surface area (Å²) in [5.74, 6) is -0.157. The van der Waals surface area contributed by atoms with Crippen LogP contribution in [0.3, 0.4) is 0 Å². The van der Waals surface area contributed by atoms with Gasteiger partial charge in [-0.1, -0.05) is 0 Å². The van der Waals surface area contributed by atoms with Gasteiger partial charge in [0.1, 0.15) is 0 Å². The molecule has 0 fully saturated rings. The first-order chi connectivity index (χ1) is 14.1. The Morgan fingerprint density at radius 1 is 0.966 bits per heavy atom. The summed E-state index contributed by atoms with van der Waals surface area (Å²) in [5, 5.41) is 7.82. The van der Waals surface area contributed by atoms with Gasteiger partial charge >= 0.3 is 0 Å². The summed E-state index contributed by atoms with van der Waals surface area (Å²) < 4.78 is 1.75. The summed E-state index contributed by atoms with van der Waals surface area (Å²) in [6.45, 7) is 3.91. The number of carbonyl (C=O) groups excluding carboxylic acids is 1. The summed E-state index contributed by atoms with van der Waals surface area (Å²) in [6, 6.07) is 18.8. The standard InChI is InChI=1S/C22H19N5OS/c1-15-14-16(2)25-22(24-15)29-20-10-6-18(7-11-20)26-21(28)17-4-8-19(9-5-17)27-13-3-12-23-27/h3-14H,1-2H3,(H,26,28). The van der Waals surface area contributed by atoms with Gasteiger partial charge in [-0.25, -0.2) is 14.6 Å². The molecular formula is C22H19N5OS. The Balaban J connectivity index is 1.41. The summed E-state index contributed by atoms with van der Waals surface area (Å²) in [4.78, 5) is 22.4. The van der Waals surface area contributed by atoms with Crippen molar-refractivity contribution in [3.63, 3.8) is 0 Å². The number of nitrogens with one attached hydrogen (secondary N) is 1. The largest absolute Gasteiger partial charge is 0.322 e. The van der Waals surface area contributed by atoms with Crippen LogP contribution in [0.15, 0.2) is 83.1 Å². The molecule has 1 N–H and O–H groups in total. The Labute approximate surface area is 173 Å². The lowest BCUT2D eigenvalue weighted by Gasteiger charge is -2.08. The Morgan fingerprint density at radius 2 is 1.66 bits per heavy atom. The van der Waals surface area contributed by atoms with Gasteiger partial charge in [-0.2, -0.15) is 5.10 Å². The SMILES string of the molecule is Cc1cc(C)nc(Sc2ccc(NC(=O)c3ccc(-n4cccn4)cc3)cc2)n1. The molecule has 0 unspecified atom stereocenters. The number of hydrogen-bond acceptors (Lipinski definition) is 5. The molecule has 0 atom stereocenters. The fraction of sp³-hybridized carbons (Fsp3) is 0.0909. The molecule has 4 aromatic rings. The van der Waals surface area contributed by atoms with Crippen molar-refractivity contribution in [2.45, 2.75) is 23.9 Å². The van der Waals surface area contributed by atoms with Crippen LogP contribution in [0.4, 0.5) is 5.69 Å². The average Bonchev–Trinajstić information content (AvgIpc) is 3.24. The van der Waals surface area contributed by atoms with E-state index in [1.807, 2.05) is 68.6 Å². The van der Waals surface area contributed by atoms with Crippen LogP contribution in [0, 0.1) is 13.8 Å². The van der Waals surface area contributed by atoms with Crippen molar-refractivity contribution in [1.82, 2.24) is 19.7 Å². The van der Waals surface area contributed by atoms with Gasteiger partial charge in [0.25, 0.3) is 5.91 Å². The lowest BCUT2D eigenvalue weighted by Crippen LogP contribution is -2.11. The highest BCUT2D eigenvalue weighted by Crippen LogP contribution is 2.26. The smallest absolute Gasteiger partial charge is 0.255 e. The maximum atomic E-state index is 12.5. The third-order valence-electron chi connectivity index (χ3n) is 4.18. The van der Waals surface area contributed by atoms with E-state index in [0.29, 0.717) is 5.56 Å². The summed E-state index contributed by atoms with van der Waals surface area (Å²) in [7, 11) is 0. The van der Waals surface area contributed by atoms with Crippen LogP contribution in [-0.4, -0.2) is 25.7 Å². The zero-order chi connectivity index (χ0) is 20.2. The number of anilines is 1. The van der Waals surface area contributed by atoms with Crippen LogP contribution >= 0.6 is 11.8 Å². The normalized spacial score (nSPS) is 10.7. The van der Waals surface area contributed by atoms with Crippen LogP contribution < -0.4 is 5.32 Å². The van der Waals surface area contributed by atoms with E-state index in [1.54, 1.807) is 23.0 Å². The minimum absolute atomic E-state index is 0.157. The molecule has 0 saturated heterocycles. The van der Waals surface area contributed by atoms with E-state index in [0.717, 1.165) is 32.8 Å². The maximum absolute atomic E-state index is 12.5. The minimum Gasteiger partial charge on any atom is -0.322 e. The van der Waals surface area contributed by atoms with Crippen molar-refractivity contribution in [3.05, 3.63) is 90.0 Å². The molecule has 0 spiro atoms. The van der Waals surface area contributed by atoms with Gasteiger partial charge in [-0.05, 0) is 86.3 Å². The van der Waals surface area contributed by atoms with Crippen LogP contribution in [0.25, 0.3) is 5.69 Å². The van der Waals surface area contributed by atoms with E-state index < -0.39 is 0 Å². The molecule has 0 aliphatic heterocycles. The zero-order valence-electron chi connectivity index (χ0n) is 16.0. The number of amides is 1. The number of nitrogens with zero attached hydrogens (tertiary/aromatic N) is 4. The molecule has 2 aromatic heterocycles. The predicted octanol–water partition coefficient (Wildman–Crippen LogP) is 4.68. The molecule has 29 heavy (non-hydrogen) atoms. The lowest BCUT2D eigenvalue weighted by molar-refractivity contribution is 0.102. The Hall–Kier alpha value is -3.45. The second-order valence-electron chi connectivity index (χ2n) is 6.51. The van der Waals surface area contributed by atoms with E-state index in [2.05, 4.69) is 20.4 Å². The van der Waals surface area contributed by atoms with Crippen LogP contribution in [-0.2, 0) is 0 Å². The molecule has 0 aliphatic carbocycles. The van der Waals surface area contributed by atoms with E-state index in [1.165, 1.54) is 11.8 Å². The van der Waals surface area contributed by atoms with Crippen molar-refractivity contribution >= 4 is 23.4 Å². The van der Waals surface area contributed by atoms with Gasteiger partial charge in [0.15, 0.2) is 5.16 Å². The summed E-state index contributed by atoms with van der Waals surface area (Å²) >= 11 is 1.50. The van der Waals surface area contributed by atoms with Gasteiger partial charge in [0.05, 0.1) is 5.69 Å². The van der Waals surface area contributed by atoms with Crippen molar-refractivity contribution in [1.29, 1.82) is 0 Å². The van der Waals surface area contributed by atoms with Gasteiger partial charge in [0.2, 0.25) is 0 Å². The lowest BCUT2D eigenvalue weighted by atomic mass is 10.2. The highest BCUT2D eigenvalue weighted by molar-refractivity contribution is 7.99. The molecule has 4 rings (SSSR count). The van der Waals surface area contributed by atoms with Gasteiger partial charge in [0, 0.05) is 39.9 Å². The van der Waals surface area contributed by atoms with E-state index in [-0.39, 0.29) is 5.91 Å². The predicted molar refractivity (Wildman–Crippen MR) is 114 cm³/mol. The molecule has 144 valence electrons. The van der Waals surface area contributed by atoms with Gasteiger partial charge in [-0.15, -0.1) is 0 Å². The highest BCUT2D eigenvalue weighted by Gasteiger charge is 2.08. The van der Waals surface area contributed by atoms with Gasteiger partial charge < -0.3 is 5.32 Å². The summed E-state index contributed by atoms with van der Waals surface area (Å²) in [6.07, 6.45) is 3.58. The van der Waals surface area contributed by atoms with E-state index in [4.69, 9.17) is 0 Å². The molecule has 7 heteroatoms. The molecule has 2 aromatic carbocycles. The molecule has 0 bridgehead atoms. The monoisotopic (exact) mass is 401 g/mol. The van der Waals surface area contributed by atoms with Crippen molar-refractivity contribution in [2.75, 3.05) is 5.32 Å². The third kappa shape index (κ3) is 4.70. The number of carbonyl (C=O) groups is 1. The third-order valence-corrected chi connectivity index (χ3v) is 5.05. The van der Waals surface area contributed by atoms with E-state index in [9.17, 15) is 4.79 Å². The van der Waals surface area contributed by atoms with Crippen LogP contribution in [0.5, 0.6) is 0 Å². The first-order valence-corrected chi connectivity index (χ1v) is 9.90. The molecule has 0 saturated carbocycles. The minimum atomic E-state index is -0.157. The van der Waals surface area contributed by atoms with Crippen molar-refractivity contribution < 1.29 is 4.79 Å². The number of aromatic nitrogens is 4. The van der Waals surface area contributed by atoms with Gasteiger partial charge in [-0.3, -0.25) is 4.79 Å². The number of benzene rings is 2. The Bertz CT molecular complexity index is 1100. The first kappa shape index (κ1) is 18.9. The van der Waals surface area contributed by atoms with Crippen molar-refractivity contribution in [3.8, 4) is 5.69 Å².